The number of rotatable bonds is 7. The van der Waals surface area contributed by atoms with Crippen LogP contribution in [0.5, 0.6) is 0 Å². The Bertz CT molecular complexity index is 535. The Morgan fingerprint density at radius 3 is 2.10 bits per heavy atom. The molecule has 7 heteroatoms. The molecular weight excluding hydrogens is 372 g/mol. The highest BCUT2D eigenvalue weighted by molar-refractivity contribution is 5.19. The lowest BCUT2D eigenvalue weighted by Gasteiger charge is -2.44. The van der Waals surface area contributed by atoms with Crippen molar-refractivity contribution < 1.29 is 25.5 Å². The minimum absolute atomic E-state index is 0.0224. The molecule has 0 radical (unpaired) electrons. The van der Waals surface area contributed by atoms with E-state index in [1.807, 2.05) is 30.3 Å². The van der Waals surface area contributed by atoms with E-state index in [-0.39, 0.29) is 63.0 Å². The molecule has 2 fully saturated rings. The number of hydrogen-bond donors (Lipinski definition) is 6. The van der Waals surface area contributed by atoms with E-state index in [0.29, 0.717) is 0 Å². The van der Waals surface area contributed by atoms with Crippen LogP contribution in [0.15, 0.2) is 30.3 Å². The SMILES string of the molecule is OC[C@@H]1CCCN([C@@H](CO)c2ccccc2)[C@@H]1CO.OC[C@@H]1CCCN[C@@H]1CO. The molecule has 1 aromatic carbocycles. The quantitative estimate of drug-likeness (QED) is 0.378. The molecule has 0 saturated carbocycles. The maximum absolute atomic E-state index is 9.72. The van der Waals surface area contributed by atoms with Crippen LogP contribution in [-0.2, 0) is 0 Å². The van der Waals surface area contributed by atoms with Gasteiger partial charge in [0.1, 0.15) is 0 Å². The van der Waals surface area contributed by atoms with E-state index in [1.54, 1.807) is 0 Å². The van der Waals surface area contributed by atoms with Gasteiger partial charge in [0.2, 0.25) is 0 Å². The third kappa shape index (κ3) is 6.72. The lowest BCUT2D eigenvalue weighted by molar-refractivity contribution is -0.0200. The van der Waals surface area contributed by atoms with Gasteiger partial charge in [-0.3, -0.25) is 4.90 Å². The van der Waals surface area contributed by atoms with Crippen LogP contribution in [0, 0.1) is 11.8 Å². The highest BCUT2D eigenvalue weighted by Crippen LogP contribution is 2.31. The molecule has 0 amide bonds. The zero-order valence-electron chi connectivity index (χ0n) is 17.2. The summed E-state index contributed by atoms with van der Waals surface area (Å²) < 4.78 is 0. The zero-order chi connectivity index (χ0) is 21.1. The topological polar surface area (TPSA) is 116 Å². The summed E-state index contributed by atoms with van der Waals surface area (Å²) in [7, 11) is 0. The molecule has 2 aliphatic rings. The summed E-state index contributed by atoms with van der Waals surface area (Å²) in [4.78, 5) is 2.14. The number of aliphatic hydroxyl groups excluding tert-OH is 5. The third-order valence-electron chi connectivity index (χ3n) is 6.30. The number of aliphatic hydroxyl groups is 5. The van der Waals surface area contributed by atoms with Crippen molar-refractivity contribution in [2.45, 2.75) is 43.8 Å². The van der Waals surface area contributed by atoms with Gasteiger partial charge in [-0.05, 0) is 56.2 Å². The fraction of sp³-hybridized carbons (Fsp3) is 0.727. The number of piperidine rings is 2. The van der Waals surface area contributed by atoms with Gasteiger partial charge in [0.25, 0.3) is 0 Å². The average molecular weight is 411 g/mol. The van der Waals surface area contributed by atoms with Gasteiger partial charge in [0.15, 0.2) is 0 Å². The van der Waals surface area contributed by atoms with Crippen molar-refractivity contribution >= 4 is 0 Å². The molecule has 7 nitrogen and oxygen atoms in total. The predicted octanol–water partition coefficient (Wildman–Crippen LogP) is 0.124. The minimum Gasteiger partial charge on any atom is -0.396 e. The van der Waals surface area contributed by atoms with E-state index >= 15 is 0 Å². The minimum atomic E-state index is -0.104. The van der Waals surface area contributed by atoms with Gasteiger partial charge in [-0.25, -0.2) is 0 Å². The van der Waals surface area contributed by atoms with Crippen molar-refractivity contribution in [1.82, 2.24) is 10.2 Å². The van der Waals surface area contributed by atoms with Crippen LogP contribution < -0.4 is 5.32 Å². The third-order valence-corrected chi connectivity index (χ3v) is 6.30. The van der Waals surface area contributed by atoms with Crippen molar-refractivity contribution in [2.75, 3.05) is 46.1 Å². The molecule has 0 unspecified atom stereocenters. The van der Waals surface area contributed by atoms with Crippen molar-refractivity contribution in [3.8, 4) is 0 Å². The Morgan fingerprint density at radius 1 is 0.862 bits per heavy atom. The summed E-state index contributed by atoms with van der Waals surface area (Å²) in [6.45, 7) is 2.30. The van der Waals surface area contributed by atoms with Crippen LogP contribution in [0.3, 0.4) is 0 Å². The molecule has 29 heavy (non-hydrogen) atoms. The molecule has 0 aliphatic carbocycles. The summed E-state index contributed by atoms with van der Waals surface area (Å²) >= 11 is 0. The molecule has 166 valence electrons. The number of nitrogens with one attached hydrogen (secondary N) is 1. The summed E-state index contributed by atoms with van der Waals surface area (Å²) in [6, 6.07) is 9.81. The predicted molar refractivity (Wildman–Crippen MR) is 112 cm³/mol. The highest BCUT2D eigenvalue weighted by Gasteiger charge is 2.34. The smallest absolute Gasteiger partial charge is 0.0628 e. The number of nitrogens with zero attached hydrogens (tertiary/aromatic N) is 1. The molecule has 2 saturated heterocycles. The zero-order valence-corrected chi connectivity index (χ0v) is 17.2. The second-order valence-electron chi connectivity index (χ2n) is 8.01. The van der Waals surface area contributed by atoms with E-state index < -0.39 is 0 Å². The van der Waals surface area contributed by atoms with Gasteiger partial charge >= 0.3 is 0 Å². The van der Waals surface area contributed by atoms with Crippen LogP contribution in [0.25, 0.3) is 0 Å². The van der Waals surface area contributed by atoms with Crippen molar-refractivity contribution in [3.63, 3.8) is 0 Å². The van der Waals surface area contributed by atoms with Crippen LogP contribution in [0.1, 0.15) is 37.3 Å². The normalized spacial score (nSPS) is 29.0. The molecule has 5 atom stereocenters. The lowest BCUT2D eigenvalue weighted by Crippen LogP contribution is -2.50. The largest absolute Gasteiger partial charge is 0.396 e. The fourth-order valence-corrected chi connectivity index (χ4v) is 4.55. The molecule has 2 heterocycles. The summed E-state index contributed by atoms with van der Waals surface area (Å²) in [5.41, 5.74) is 1.06. The standard InChI is InChI=1S/C15H23NO3.C7H15NO2/c17-9-13-7-4-8-16(15(13)11-19)14(10-18)12-5-2-1-3-6-12;9-4-6-2-1-3-8-7(6)5-10/h1-3,5-6,13-15,17-19H,4,7-11H2;6-10H,1-5H2/t13-,14-,15+;6-,7+/m00/s1. The van der Waals surface area contributed by atoms with Gasteiger partial charge in [0.05, 0.1) is 25.9 Å². The van der Waals surface area contributed by atoms with Crippen molar-refractivity contribution in [3.05, 3.63) is 35.9 Å². The monoisotopic (exact) mass is 410 g/mol. The number of likely N-dealkylation sites (tertiary alicyclic amines) is 1. The number of benzene rings is 1. The van der Waals surface area contributed by atoms with Gasteiger partial charge in [-0.2, -0.15) is 0 Å². The van der Waals surface area contributed by atoms with Crippen LogP contribution in [0.2, 0.25) is 0 Å². The second-order valence-corrected chi connectivity index (χ2v) is 8.01. The molecule has 3 rings (SSSR count). The summed E-state index contributed by atoms with van der Waals surface area (Å²) in [5.74, 6) is 0.357. The Kier molecular flexibility index (Phi) is 11.1. The van der Waals surface area contributed by atoms with Gasteiger partial charge in [-0.15, -0.1) is 0 Å². The summed E-state index contributed by atoms with van der Waals surface area (Å²) in [5, 5.41) is 49.6. The van der Waals surface area contributed by atoms with Crippen molar-refractivity contribution in [2.24, 2.45) is 11.8 Å². The number of hydrogen-bond acceptors (Lipinski definition) is 7. The first-order chi connectivity index (χ1) is 14.2. The Labute approximate surface area is 174 Å². The molecule has 0 spiro atoms. The van der Waals surface area contributed by atoms with Crippen LogP contribution in [0.4, 0.5) is 0 Å². The second kappa shape index (κ2) is 13.3. The van der Waals surface area contributed by atoms with E-state index in [2.05, 4.69) is 10.2 Å². The van der Waals surface area contributed by atoms with Gasteiger partial charge in [-0.1, -0.05) is 30.3 Å². The molecule has 1 aromatic rings. The summed E-state index contributed by atoms with van der Waals surface area (Å²) in [6.07, 6.45) is 4.08. The Morgan fingerprint density at radius 2 is 1.55 bits per heavy atom. The first-order valence-electron chi connectivity index (χ1n) is 10.8. The Balaban J connectivity index is 0.000000253. The molecule has 0 aromatic heterocycles. The van der Waals surface area contributed by atoms with E-state index in [1.165, 1.54) is 0 Å². The maximum Gasteiger partial charge on any atom is 0.0628 e. The van der Waals surface area contributed by atoms with Gasteiger partial charge in [0, 0.05) is 25.3 Å². The van der Waals surface area contributed by atoms with Crippen LogP contribution in [-0.4, -0.2) is 88.6 Å². The van der Waals surface area contributed by atoms with Crippen LogP contribution >= 0.6 is 0 Å². The molecule has 0 bridgehead atoms. The van der Waals surface area contributed by atoms with E-state index in [9.17, 15) is 15.3 Å². The lowest BCUT2D eigenvalue weighted by atomic mass is 9.88. The van der Waals surface area contributed by atoms with E-state index in [0.717, 1.165) is 44.3 Å². The van der Waals surface area contributed by atoms with E-state index in [4.69, 9.17) is 10.2 Å². The molecular formula is C22H38N2O5. The fourth-order valence-electron chi connectivity index (χ4n) is 4.55. The first kappa shape index (κ1) is 24.2. The Hall–Kier alpha value is -1.06. The molecule has 2 aliphatic heterocycles. The maximum atomic E-state index is 9.72. The highest BCUT2D eigenvalue weighted by atomic mass is 16.3. The molecule has 6 N–H and O–H groups in total. The average Bonchev–Trinajstić information content (AvgIpc) is 2.80. The van der Waals surface area contributed by atoms with Gasteiger partial charge < -0.3 is 30.8 Å². The van der Waals surface area contributed by atoms with Crippen molar-refractivity contribution in [1.29, 1.82) is 0 Å². The first-order valence-corrected chi connectivity index (χ1v) is 10.8.